The highest BCUT2D eigenvalue weighted by Crippen LogP contribution is 2.30. The van der Waals surface area contributed by atoms with Crippen LogP contribution in [0.4, 0.5) is 0 Å². The van der Waals surface area contributed by atoms with Crippen molar-refractivity contribution in [2.75, 3.05) is 39.8 Å². The van der Waals surface area contributed by atoms with Crippen LogP contribution in [0.25, 0.3) is 0 Å². The lowest BCUT2D eigenvalue weighted by molar-refractivity contribution is 0.0263. The van der Waals surface area contributed by atoms with Crippen molar-refractivity contribution in [1.29, 1.82) is 0 Å². The lowest BCUT2D eigenvalue weighted by Crippen LogP contribution is -2.64. The Bertz CT molecular complexity index is 816. The van der Waals surface area contributed by atoms with Crippen LogP contribution >= 0.6 is 24.8 Å². The molecular weight excluding hydrogens is 435 g/mol. The van der Waals surface area contributed by atoms with Crippen molar-refractivity contribution < 1.29 is 9.53 Å². The lowest BCUT2D eigenvalue weighted by atomic mass is 9.84. The minimum absolute atomic E-state index is 0. The summed E-state index contributed by atoms with van der Waals surface area (Å²) in [4.78, 5) is 14.3. The molecule has 2 aliphatic heterocycles. The molecule has 4 rings (SSSR count). The van der Waals surface area contributed by atoms with Crippen molar-refractivity contribution in [2.45, 2.75) is 24.9 Å². The van der Waals surface area contributed by atoms with Crippen LogP contribution in [-0.2, 0) is 6.54 Å². The van der Waals surface area contributed by atoms with Crippen LogP contribution in [0.15, 0.2) is 48.5 Å². The van der Waals surface area contributed by atoms with Gasteiger partial charge in [-0.25, -0.2) is 0 Å². The van der Waals surface area contributed by atoms with Gasteiger partial charge in [0.25, 0.3) is 5.91 Å². The summed E-state index contributed by atoms with van der Waals surface area (Å²) in [5.74, 6) is 1.43. The second kappa shape index (κ2) is 11.7. The van der Waals surface area contributed by atoms with Crippen LogP contribution in [0.5, 0.6) is 11.5 Å². The maximum atomic E-state index is 11.6. The van der Waals surface area contributed by atoms with E-state index < -0.39 is 0 Å². The summed E-state index contributed by atoms with van der Waals surface area (Å²) in [5, 5.41) is 9.71. The van der Waals surface area contributed by atoms with Crippen molar-refractivity contribution in [3.05, 3.63) is 59.7 Å². The minimum atomic E-state index is -0.0969. The van der Waals surface area contributed by atoms with Crippen LogP contribution < -0.4 is 20.7 Å². The SMILES string of the molecule is CNC(=O)c1ccc(Oc2ccc(CN3CCNCC34CCNCC4)cc2)cc1.Cl.Cl. The number of benzene rings is 2. The van der Waals surface area contributed by atoms with E-state index in [1.807, 2.05) is 24.3 Å². The summed E-state index contributed by atoms with van der Waals surface area (Å²) >= 11 is 0. The van der Waals surface area contributed by atoms with Gasteiger partial charge in [-0.3, -0.25) is 9.69 Å². The van der Waals surface area contributed by atoms with Gasteiger partial charge in [-0.05, 0) is 67.9 Å². The van der Waals surface area contributed by atoms with Gasteiger partial charge in [0.05, 0.1) is 0 Å². The number of amides is 1. The topological polar surface area (TPSA) is 65.6 Å². The van der Waals surface area contributed by atoms with Gasteiger partial charge in [0.2, 0.25) is 0 Å². The Labute approximate surface area is 196 Å². The van der Waals surface area contributed by atoms with Crippen molar-refractivity contribution in [3.63, 3.8) is 0 Å². The third-order valence-electron chi connectivity index (χ3n) is 6.09. The second-order valence-corrected chi connectivity index (χ2v) is 7.92. The van der Waals surface area contributed by atoms with E-state index in [4.69, 9.17) is 4.74 Å². The van der Waals surface area contributed by atoms with Crippen molar-refractivity contribution in [3.8, 4) is 11.5 Å². The van der Waals surface area contributed by atoms with E-state index in [2.05, 4.69) is 33.0 Å². The summed E-state index contributed by atoms with van der Waals surface area (Å²) in [7, 11) is 1.63. The number of nitrogens with zero attached hydrogens (tertiary/aromatic N) is 1. The molecule has 0 unspecified atom stereocenters. The number of hydrogen-bond donors (Lipinski definition) is 3. The maximum absolute atomic E-state index is 11.6. The van der Waals surface area contributed by atoms with Gasteiger partial charge in [-0.1, -0.05) is 12.1 Å². The fourth-order valence-corrected chi connectivity index (χ4v) is 4.35. The monoisotopic (exact) mass is 466 g/mol. The number of piperidine rings is 1. The predicted octanol–water partition coefficient (Wildman–Crippen LogP) is 3.21. The molecule has 2 heterocycles. The standard InChI is InChI=1S/C23H30N4O2.2ClH/c1-24-22(28)19-4-8-21(9-5-19)29-20-6-2-18(3-7-20)16-27-15-14-26-17-23(27)10-12-25-13-11-23;;/h2-9,25-26H,10-17H2,1H3,(H,24,28);2*1H. The maximum Gasteiger partial charge on any atom is 0.251 e. The number of hydrogen-bond acceptors (Lipinski definition) is 5. The van der Waals surface area contributed by atoms with Gasteiger partial charge in [-0.15, -0.1) is 24.8 Å². The average molecular weight is 467 g/mol. The lowest BCUT2D eigenvalue weighted by Gasteiger charge is -2.50. The molecule has 2 aliphatic rings. The van der Waals surface area contributed by atoms with Gasteiger partial charge in [-0.2, -0.15) is 0 Å². The molecule has 2 aromatic carbocycles. The van der Waals surface area contributed by atoms with E-state index in [0.717, 1.165) is 50.8 Å². The number of carbonyl (C=O) groups excluding carboxylic acids is 1. The number of ether oxygens (including phenoxy) is 1. The number of halogens is 2. The average Bonchev–Trinajstić information content (AvgIpc) is 2.77. The van der Waals surface area contributed by atoms with Gasteiger partial charge < -0.3 is 20.7 Å². The third kappa shape index (κ3) is 6.11. The number of piperazine rings is 1. The molecule has 0 saturated carbocycles. The molecule has 0 aromatic heterocycles. The fourth-order valence-electron chi connectivity index (χ4n) is 4.35. The zero-order valence-corrected chi connectivity index (χ0v) is 19.5. The van der Waals surface area contributed by atoms with Crippen LogP contribution in [0.1, 0.15) is 28.8 Å². The van der Waals surface area contributed by atoms with E-state index in [0.29, 0.717) is 5.56 Å². The van der Waals surface area contributed by atoms with Gasteiger partial charge >= 0.3 is 0 Å². The van der Waals surface area contributed by atoms with Gasteiger partial charge in [0.1, 0.15) is 11.5 Å². The highest BCUT2D eigenvalue weighted by atomic mass is 35.5. The second-order valence-electron chi connectivity index (χ2n) is 7.92. The first kappa shape index (κ1) is 25.4. The minimum Gasteiger partial charge on any atom is -0.457 e. The van der Waals surface area contributed by atoms with Crippen molar-refractivity contribution in [2.24, 2.45) is 0 Å². The molecule has 1 spiro atoms. The molecule has 8 heteroatoms. The van der Waals surface area contributed by atoms with E-state index >= 15 is 0 Å². The molecule has 1 amide bonds. The number of carbonyl (C=O) groups is 1. The highest BCUT2D eigenvalue weighted by Gasteiger charge is 2.39. The Morgan fingerprint density at radius 3 is 2.19 bits per heavy atom. The number of rotatable bonds is 5. The van der Waals surface area contributed by atoms with E-state index in [1.54, 1.807) is 19.2 Å². The summed E-state index contributed by atoms with van der Waals surface area (Å²) in [6.45, 7) is 6.41. The third-order valence-corrected chi connectivity index (χ3v) is 6.09. The molecule has 31 heavy (non-hydrogen) atoms. The molecule has 6 nitrogen and oxygen atoms in total. The molecule has 170 valence electrons. The van der Waals surface area contributed by atoms with Crippen molar-refractivity contribution in [1.82, 2.24) is 20.9 Å². The van der Waals surface area contributed by atoms with E-state index in [-0.39, 0.29) is 36.3 Å². The van der Waals surface area contributed by atoms with Gasteiger partial charge in [0.15, 0.2) is 0 Å². The first-order valence-electron chi connectivity index (χ1n) is 10.4. The summed E-state index contributed by atoms with van der Waals surface area (Å²) < 4.78 is 5.94. The number of nitrogens with one attached hydrogen (secondary N) is 3. The summed E-state index contributed by atoms with van der Waals surface area (Å²) in [6.07, 6.45) is 2.40. The summed E-state index contributed by atoms with van der Waals surface area (Å²) in [6, 6.07) is 15.5. The normalized spacial score (nSPS) is 17.8. The predicted molar refractivity (Wildman–Crippen MR) is 129 cm³/mol. The molecule has 0 atom stereocenters. The molecule has 2 saturated heterocycles. The zero-order chi connectivity index (χ0) is 20.1. The van der Waals surface area contributed by atoms with E-state index in [9.17, 15) is 4.79 Å². The highest BCUT2D eigenvalue weighted by molar-refractivity contribution is 5.94. The Morgan fingerprint density at radius 2 is 1.58 bits per heavy atom. The summed E-state index contributed by atoms with van der Waals surface area (Å²) in [5.41, 5.74) is 2.22. The Balaban J connectivity index is 0.00000171. The van der Waals surface area contributed by atoms with E-state index in [1.165, 1.54) is 18.4 Å². The molecule has 3 N–H and O–H groups in total. The smallest absolute Gasteiger partial charge is 0.251 e. The Kier molecular flexibility index (Phi) is 9.59. The fraction of sp³-hybridized carbons (Fsp3) is 0.435. The molecule has 0 radical (unpaired) electrons. The largest absolute Gasteiger partial charge is 0.457 e. The molecule has 0 bridgehead atoms. The molecule has 0 aliphatic carbocycles. The van der Waals surface area contributed by atoms with Gasteiger partial charge in [0, 0.05) is 44.3 Å². The van der Waals surface area contributed by atoms with Crippen LogP contribution in [0, 0.1) is 0 Å². The van der Waals surface area contributed by atoms with Crippen LogP contribution in [-0.4, -0.2) is 56.1 Å². The van der Waals surface area contributed by atoms with Crippen molar-refractivity contribution >= 4 is 30.7 Å². The molecule has 2 aromatic rings. The first-order chi connectivity index (χ1) is 14.2. The quantitative estimate of drug-likeness (QED) is 0.631. The Hall–Kier alpha value is -1.83. The molecule has 2 fully saturated rings. The zero-order valence-electron chi connectivity index (χ0n) is 17.9. The Morgan fingerprint density at radius 1 is 0.968 bits per heavy atom. The van der Waals surface area contributed by atoms with Crippen LogP contribution in [0.3, 0.4) is 0 Å². The first-order valence-corrected chi connectivity index (χ1v) is 10.4. The molecular formula is C23H32Cl2N4O2. The van der Waals surface area contributed by atoms with Crippen LogP contribution in [0.2, 0.25) is 0 Å².